The Morgan fingerprint density at radius 1 is 1.06 bits per heavy atom. The molecule has 0 spiro atoms. The Labute approximate surface area is 197 Å². The van der Waals surface area contributed by atoms with Crippen molar-refractivity contribution in [3.63, 3.8) is 0 Å². The molecule has 3 aromatic carbocycles. The van der Waals surface area contributed by atoms with Crippen molar-refractivity contribution in [2.45, 2.75) is 20.1 Å². The minimum Gasteiger partial charge on any atom is -0.489 e. The van der Waals surface area contributed by atoms with Crippen molar-refractivity contribution in [3.05, 3.63) is 101 Å². The van der Waals surface area contributed by atoms with Gasteiger partial charge in [-0.05, 0) is 48.9 Å². The van der Waals surface area contributed by atoms with E-state index >= 15 is 0 Å². The molecule has 6 heteroatoms. The molecule has 1 aliphatic rings. The standard InChI is InChI=1S/C28H23NO5/c1-3-29-16-20(22-6-4-5-7-24(22)29)14-26-27(30)23-13-12-21(15-25(23)34-26)33-17-18-8-10-19(11-9-18)28(31)32-2/h4-16H,3,17H2,1-2H3/b26-14+. The summed E-state index contributed by atoms with van der Waals surface area (Å²) in [6, 6.07) is 20.3. The summed E-state index contributed by atoms with van der Waals surface area (Å²) in [5, 5.41) is 1.08. The summed E-state index contributed by atoms with van der Waals surface area (Å²) in [5.41, 5.74) is 3.96. The van der Waals surface area contributed by atoms with Crippen LogP contribution in [0.3, 0.4) is 0 Å². The van der Waals surface area contributed by atoms with E-state index in [0.717, 1.165) is 28.6 Å². The van der Waals surface area contributed by atoms with Crippen molar-refractivity contribution < 1.29 is 23.8 Å². The van der Waals surface area contributed by atoms with Gasteiger partial charge in [-0.25, -0.2) is 4.79 Å². The molecule has 0 amide bonds. The van der Waals surface area contributed by atoms with Crippen molar-refractivity contribution in [3.8, 4) is 11.5 Å². The van der Waals surface area contributed by atoms with Crippen LogP contribution >= 0.6 is 0 Å². The van der Waals surface area contributed by atoms with E-state index in [1.807, 2.05) is 36.5 Å². The molecular formula is C28H23NO5. The number of ether oxygens (including phenoxy) is 3. The first kappa shape index (κ1) is 21.5. The lowest BCUT2D eigenvalue weighted by molar-refractivity contribution is 0.0600. The zero-order valence-corrected chi connectivity index (χ0v) is 18.9. The van der Waals surface area contributed by atoms with E-state index < -0.39 is 0 Å². The second-order valence-electron chi connectivity index (χ2n) is 7.96. The van der Waals surface area contributed by atoms with Gasteiger partial charge in [0.05, 0.1) is 18.2 Å². The van der Waals surface area contributed by atoms with Crippen LogP contribution in [0.25, 0.3) is 17.0 Å². The fourth-order valence-electron chi connectivity index (χ4n) is 4.07. The number of aromatic nitrogens is 1. The van der Waals surface area contributed by atoms with Crippen LogP contribution < -0.4 is 9.47 Å². The number of methoxy groups -OCH3 is 1. The quantitative estimate of drug-likeness (QED) is 0.279. The van der Waals surface area contributed by atoms with E-state index in [2.05, 4.69) is 17.6 Å². The lowest BCUT2D eigenvalue weighted by atomic mass is 10.1. The smallest absolute Gasteiger partial charge is 0.337 e. The molecule has 6 nitrogen and oxygen atoms in total. The zero-order valence-electron chi connectivity index (χ0n) is 18.9. The summed E-state index contributed by atoms with van der Waals surface area (Å²) in [5.74, 6) is 0.843. The number of rotatable bonds is 6. The first-order valence-electron chi connectivity index (χ1n) is 11.0. The lowest BCUT2D eigenvalue weighted by Crippen LogP contribution is -2.02. The minimum atomic E-state index is -0.379. The molecule has 0 unspecified atom stereocenters. The van der Waals surface area contributed by atoms with Gasteiger partial charge in [-0.1, -0.05) is 30.3 Å². The number of ketones is 1. The van der Waals surface area contributed by atoms with Gasteiger partial charge in [0.1, 0.15) is 18.1 Å². The fraction of sp³-hybridized carbons (Fsp3) is 0.143. The van der Waals surface area contributed by atoms with Gasteiger partial charge in [-0.3, -0.25) is 4.79 Å². The van der Waals surface area contributed by atoms with Gasteiger partial charge in [-0.15, -0.1) is 0 Å². The second-order valence-corrected chi connectivity index (χ2v) is 7.96. The Hall–Kier alpha value is -4.32. The number of hydrogen-bond donors (Lipinski definition) is 0. The predicted molar refractivity (Wildman–Crippen MR) is 129 cm³/mol. The predicted octanol–water partition coefficient (Wildman–Crippen LogP) is 5.64. The maximum Gasteiger partial charge on any atom is 0.337 e. The number of benzene rings is 3. The average Bonchev–Trinajstić information content (AvgIpc) is 3.39. The summed E-state index contributed by atoms with van der Waals surface area (Å²) in [4.78, 5) is 24.5. The topological polar surface area (TPSA) is 66.8 Å². The Kier molecular flexibility index (Phi) is 5.64. The minimum absolute atomic E-state index is 0.145. The molecule has 0 atom stereocenters. The van der Waals surface area contributed by atoms with Crippen LogP contribution in [0.15, 0.2) is 78.7 Å². The molecule has 0 radical (unpaired) electrons. The van der Waals surface area contributed by atoms with E-state index in [9.17, 15) is 9.59 Å². The molecule has 5 rings (SSSR count). The molecule has 1 aromatic heterocycles. The Balaban J connectivity index is 1.33. The molecule has 2 heterocycles. The highest BCUT2D eigenvalue weighted by atomic mass is 16.5. The maximum absolute atomic E-state index is 12.9. The Bertz CT molecular complexity index is 1430. The van der Waals surface area contributed by atoms with Crippen LogP contribution in [-0.4, -0.2) is 23.4 Å². The first-order valence-corrected chi connectivity index (χ1v) is 11.0. The molecule has 0 saturated carbocycles. The molecule has 1 aliphatic heterocycles. The largest absolute Gasteiger partial charge is 0.489 e. The van der Waals surface area contributed by atoms with Gasteiger partial charge < -0.3 is 18.8 Å². The normalized spacial score (nSPS) is 13.7. The number of allylic oxidation sites excluding steroid dienone is 1. The number of carbonyl (C=O) groups excluding carboxylic acids is 2. The number of aryl methyl sites for hydroxylation is 1. The number of para-hydroxylation sites is 1. The van der Waals surface area contributed by atoms with Gasteiger partial charge in [0.2, 0.25) is 5.78 Å². The van der Waals surface area contributed by atoms with Crippen molar-refractivity contribution in [2.75, 3.05) is 7.11 Å². The molecular weight excluding hydrogens is 430 g/mol. The Morgan fingerprint density at radius 3 is 2.62 bits per heavy atom. The summed E-state index contributed by atoms with van der Waals surface area (Å²) >= 11 is 0. The summed E-state index contributed by atoms with van der Waals surface area (Å²) in [6.07, 6.45) is 3.84. The third kappa shape index (κ3) is 3.94. The van der Waals surface area contributed by atoms with Crippen LogP contribution in [0.4, 0.5) is 0 Å². The van der Waals surface area contributed by atoms with Gasteiger partial charge in [0, 0.05) is 35.3 Å². The SMILES string of the molecule is CCn1cc(/C=C2/Oc3cc(OCc4ccc(C(=O)OC)cc4)ccc3C2=O)c2ccccc21. The van der Waals surface area contributed by atoms with Gasteiger partial charge >= 0.3 is 5.97 Å². The van der Waals surface area contributed by atoms with Crippen molar-refractivity contribution in [2.24, 2.45) is 0 Å². The number of Topliss-reactive ketones (excluding diaryl/α,β-unsaturated/α-hetero) is 1. The van der Waals surface area contributed by atoms with E-state index in [1.54, 1.807) is 36.4 Å². The number of nitrogens with zero attached hydrogens (tertiary/aromatic N) is 1. The van der Waals surface area contributed by atoms with Crippen LogP contribution in [0.1, 0.15) is 38.8 Å². The van der Waals surface area contributed by atoms with Gasteiger partial charge in [0.15, 0.2) is 5.76 Å². The van der Waals surface area contributed by atoms with Crippen LogP contribution in [0.2, 0.25) is 0 Å². The maximum atomic E-state index is 12.9. The van der Waals surface area contributed by atoms with Crippen LogP contribution in [0, 0.1) is 0 Å². The molecule has 0 bridgehead atoms. The molecule has 0 saturated heterocycles. The van der Waals surface area contributed by atoms with Crippen molar-refractivity contribution >= 4 is 28.7 Å². The van der Waals surface area contributed by atoms with E-state index in [0.29, 0.717) is 35.0 Å². The Morgan fingerprint density at radius 2 is 1.85 bits per heavy atom. The number of esters is 1. The highest BCUT2D eigenvalue weighted by Crippen LogP contribution is 2.36. The number of fused-ring (bicyclic) bond motifs is 2. The molecule has 34 heavy (non-hydrogen) atoms. The van der Waals surface area contributed by atoms with E-state index in [1.165, 1.54) is 7.11 Å². The monoisotopic (exact) mass is 453 g/mol. The fourth-order valence-corrected chi connectivity index (χ4v) is 4.07. The molecule has 4 aromatic rings. The van der Waals surface area contributed by atoms with Crippen molar-refractivity contribution in [1.82, 2.24) is 4.57 Å². The zero-order chi connectivity index (χ0) is 23.7. The van der Waals surface area contributed by atoms with Crippen LogP contribution in [-0.2, 0) is 17.9 Å². The van der Waals surface area contributed by atoms with Crippen LogP contribution in [0.5, 0.6) is 11.5 Å². The third-order valence-electron chi connectivity index (χ3n) is 5.87. The second kappa shape index (κ2) is 8.90. The van der Waals surface area contributed by atoms with Crippen molar-refractivity contribution in [1.29, 1.82) is 0 Å². The summed E-state index contributed by atoms with van der Waals surface area (Å²) < 4.78 is 18.7. The first-order chi connectivity index (χ1) is 16.6. The number of carbonyl (C=O) groups is 2. The van der Waals surface area contributed by atoms with E-state index in [4.69, 9.17) is 14.2 Å². The molecule has 0 N–H and O–H groups in total. The molecule has 0 fully saturated rings. The van der Waals surface area contributed by atoms with Gasteiger partial charge in [-0.2, -0.15) is 0 Å². The number of hydrogen-bond acceptors (Lipinski definition) is 5. The highest BCUT2D eigenvalue weighted by Gasteiger charge is 2.28. The molecule has 0 aliphatic carbocycles. The highest BCUT2D eigenvalue weighted by molar-refractivity contribution is 6.15. The lowest BCUT2D eigenvalue weighted by Gasteiger charge is -2.08. The third-order valence-corrected chi connectivity index (χ3v) is 5.87. The van der Waals surface area contributed by atoms with E-state index in [-0.39, 0.29) is 11.8 Å². The van der Waals surface area contributed by atoms with Gasteiger partial charge in [0.25, 0.3) is 0 Å². The molecule has 170 valence electrons. The average molecular weight is 453 g/mol. The summed E-state index contributed by atoms with van der Waals surface area (Å²) in [6.45, 7) is 3.24. The summed E-state index contributed by atoms with van der Waals surface area (Å²) in [7, 11) is 1.35.